The fourth-order valence-electron chi connectivity index (χ4n) is 1.45. The first-order valence-corrected chi connectivity index (χ1v) is 5.31. The van der Waals surface area contributed by atoms with E-state index in [1.807, 2.05) is 19.9 Å². The quantitative estimate of drug-likeness (QED) is 0.841. The van der Waals surface area contributed by atoms with Gasteiger partial charge in [0, 0.05) is 18.4 Å². The highest BCUT2D eigenvalue weighted by molar-refractivity contribution is 5.99. The summed E-state index contributed by atoms with van der Waals surface area (Å²) in [5.41, 5.74) is 2.00. The van der Waals surface area contributed by atoms with Gasteiger partial charge in [-0.15, -0.1) is 0 Å². The van der Waals surface area contributed by atoms with Crippen molar-refractivity contribution in [2.24, 2.45) is 0 Å². The molecule has 0 aliphatic rings. The van der Waals surface area contributed by atoms with Crippen LogP contribution in [0.1, 0.15) is 29.4 Å². The zero-order valence-corrected chi connectivity index (χ0v) is 9.40. The predicted octanol–water partition coefficient (Wildman–Crippen LogP) is 1.18. The minimum Gasteiger partial charge on any atom is -0.352 e. The van der Waals surface area contributed by atoms with Gasteiger partial charge in [-0.3, -0.25) is 4.79 Å². The van der Waals surface area contributed by atoms with Crippen molar-refractivity contribution >= 4 is 11.6 Å². The number of nitrogens with zero attached hydrogens (tertiary/aromatic N) is 3. The second kappa shape index (κ2) is 4.30. The minimum atomic E-state index is -0.116. The van der Waals surface area contributed by atoms with Gasteiger partial charge in [-0.25, -0.2) is 9.50 Å². The first kappa shape index (κ1) is 10.6. The van der Waals surface area contributed by atoms with Gasteiger partial charge in [0.05, 0.1) is 6.20 Å². The number of carbonyl (C=O) groups is 1. The van der Waals surface area contributed by atoms with Crippen LogP contribution >= 0.6 is 0 Å². The first-order chi connectivity index (χ1) is 7.72. The Bertz CT molecular complexity index is 518. The number of amides is 1. The molecule has 2 heterocycles. The molecule has 0 bridgehead atoms. The van der Waals surface area contributed by atoms with Gasteiger partial charge >= 0.3 is 0 Å². The van der Waals surface area contributed by atoms with Gasteiger partial charge in [0.1, 0.15) is 5.56 Å². The number of carbonyl (C=O) groups excluding carboxylic acids is 1. The molecule has 84 valence electrons. The van der Waals surface area contributed by atoms with E-state index in [1.165, 1.54) is 0 Å². The second-order valence-corrected chi connectivity index (χ2v) is 3.65. The number of hydrogen-bond donors (Lipinski definition) is 1. The molecule has 0 saturated heterocycles. The standard InChI is InChI=1S/C11H14N4O/c1-3-5-12-11(16)9-7-13-15-6-4-8(2)14-10(9)15/h4,6-7H,3,5H2,1-2H3,(H,12,16). The van der Waals surface area contributed by atoms with Gasteiger partial charge in [0.15, 0.2) is 5.65 Å². The topological polar surface area (TPSA) is 59.3 Å². The van der Waals surface area contributed by atoms with Gasteiger partial charge in [0.25, 0.3) is 5.91 Å². The zero-order chi connectivity index (χ0) is 11.5. The van der Waals surface area contributed by atoms with Gasteiger partial charge < -0.3 is 5.32 Å². The predicted molar refractivity (Wildman–Crippen MR) is 60.3 cm³/mol. The second-order valence-electron chi connectivity index (χ2n) is 3.65. The minimum absolute atomic E-state index is 0.116. The van der Waals surface area contributed by atoms with E-state index in [4.69, 9.17) is 0 Å². The van der Waals surface area contributed by atoms with Gasteiger partial charge in [-0.2, -0.15) is 5.10 Å². The summed E-state index contributed by atoms with van der Waals surface area (Å²) in [5, 5.41) is 6.90. The third kappa shape index (κ3) is 1.88. The van der Waals surface area contributed by atoms with Crippen molar-refractivity contribution in [2.45, 2.75) is 20.3 Å². The Labute approximate surface area is 93.5 Å². The molecular weight excluding hydrogens is 204 g/mol. The number of fused-ring (bicyclic) bond motifs is 1. The lowest BCUT2D eigenvalue weighted by molar-refractivity contribution is 0.0955. The normalized spacial score (nSPS) is 10.6. The van der Waals surface area contributed by atoms with E-state index in [2.05, 4.69) is 15.4 Å². The zero-order valence-electron chi connectivity index (χ0n) is 9.40. The van der Waals surface area contributed by atoms with Crippen molar-refractivity contribution < 1.29 is 4.79 Å². The third-order valence-corrected chi connectivity index (χ3v) is 2.29. The smallest absolute Gasteiger partial charge is 0.256 e. The molecule has 1 amide bonds. The fourth-order valence-corrected chi connectivity index (χ4v) is 1.45. The average molecular weight is 218 g/mol. The lowest BCUT2D eigenvalue weighted by Gasteiger charge is -2.01. The van der Waals surface area contributed by atoms with E-state index in [0.29, 0.717) is 17.8 Å². The molecule has 0 saturated carbocycles. The Morgan fingerprint density at radius 1 is 1.56 bits per heavy atom. The molecule has 2 aromatic heterocycles. The molecule has 0 aliphatic heterocycles. The summed E-state index contributed by atoms with van der Waals surface area (Å²) in [6.07, 6.45) is 4.26. The molecule has 0 fully saturated rings. The summed E-state index contributed by atoms with van der Waals surface area (Å²) in [6.45, 7) is 4.57. The van der Waals surface area contributed by atoms with E-state index in [1.54, 1.807) is 16.9 Å². The number of hydrogen-bond acceptors (Lipinski definition) is 3. The summed E-state index contributed by atoms with van der Waals surface area (Å²) in [5.74, 6) is -0.116. The Morgan fingerprint density at radius 2 is 2.38 bits per heavy atom. The molecule has 0 spiro atoms. The third-order valence-electron chi connectivity index (χ3n) is 2.29. The average Bonchev–Trinajstić information content (AvgIpc) is 2.68. The molecule has 2 aromatic rings. The maximum Gasteiger partial charge on any atom is 0.256 e. The maximum atomic E-state index is 11.8. The highest BCUT2D eigenvalue weighted by atomic mass is 16.1. The SMILES string of the molecule is CCCNC(=O)c1cnn2ccc(C)nc12. The van der Waals surface area contributed by atoms with Crippen LogP contribution in [-0.4, -0.2) is 27.0 Å². The van der Waals surface area contributed by atoms with Crippen LogP contribution in [-0.2, 0) is 0 Å². The monoisotopic (exact) mass is 218 g/mol. The number of aromatic nitrogens is 3. The molecule has 5 nitrogen and oxygen atoms in total. The van der Waals surface area contributed by atoms with E-state index in [-0.39, 0.29) is 5.91 Å². The van der Waals surface area contributed by atoms with Crippen LogP contribution in [0.3, 0.4) is 0 Å². The van der Waals surface area contributed by atoms with Crippen LogP contribution < -0.4 is 5.32 Å². The van der Waals surface area contributed by atoms with Crippen molar-refractivity contribution in [1.29, 1.82) is 0 Å². The van der Waals surface area contributed by atoms with E-state index in [0.717, 1.165) is 12.1 Å². The molecule has 0 aromatic carbocycles. The van der Waals surface area contributed by atoms with Crippen LogP contribution in [0.4, 0.5) is 0 Å². The van der Waals surface area contributed by atoms with E-state index >= 15 is 0 Å². The summed E-state index contributed by atoms with van der Waals surface area (Å²) in [6, 6.07) is 1.85. The van der Waals surface area contributed by atoms with Crippen molar-refractivity contribution in [2.75, 3.05) is 6.54 Å². The summed E-state index contributed by atoms with van der Waals surface area (Å²) < 4.78 is 1.61. The summed E-state index contributed by atoms with van der Waals surface area (Å²) in [7, 11) is 0. The molecule has 16 heavy (non-hydrogen) atoms. The Hall–Kier alpha value is -1.91. The maximum absolute atomic E-state index is 11.8. The molecule has 0 unspecified atom stereocenters. The summed E-state index contributed by atoms with van der Waals surface area (Å²) in [4.78, 5) is 16.1. The molecule has 1 N–H and O–H groups in total. The molecular formula is C11H14N4O. The lowest BCUT2D eigenvalue weighted by atomic mass is 10.3. The molecule has 0 radical (unpaired) electrons. The van der Waals surface area contributed by atoms with Crippen LogP contribution in [0.2, 0.25) is 0 Å². The van der Waals surface area contributed by atoms with Crippen molar-refractivity contribution in [3.05, 3.63) is 29.7 Å². The Morgan fingerprint density at radius 3 is 3.12 bits per heavy atom. The molecule has 0 aliphatic carbocycles. The number of nitrogens with one attached hydrogen (secondary N) is 1. The van der Waals surface area contributed by atoms with Gasteiger partial charge in [0.2, 0.25) is 0 Å². The largest absolute Gasteiger partial charge is 0.352 e. The van der Waals surface area contributed by atoms with Gasteiger partial charge in [-0.1, -0.05) is 6.92 Å². The Kier molecular flexibility index (Phi) is 2.85. The van der Waals surface area contributed by atoms with Crippen molar-refractivity contribution in [1.82, 2.24) is 19.9 Å². The van der Waals surface area contributed by atoms with Crippen LogP contribution in [0, 0.1) is 6.92 Å². The molecule has 5 heteroatoms. The fraction of sp³-hybridized carbons (Fsp3) is 0.364. The summed E-state index contributed by atoms with van der Waals surface area (Å²) >= 11 is 0. The van der Waals surface area contributed by atoms with Crippen molar-refractivity contribution in [3.8, 4) is 0 Å². The highest BCUT2D eigenvalue weighted by Gasteiger charge is 2.12. The number of rotatable bonds is 3. The van der Waals surface area contributed by atoms with Crippen molar-refractivity contribution in [3.63, 3.8) is 0 Å². The van der Waals surface area contributed by atoms with Crippen LogP contribution in [0.15, 0.2) is 18.5 Å². The van der Waals surface area contributed by atoms with Gasteiger partial charge in [-0.05, 0) is 19.4 Å². The first-order valence-electron chi connectivity index (χ1n) is 5.31. The lowest BCUT2D eigenvalue weighted by Crippen LogP contribution is -2.23. The Balaban J connectivity index is 2.37. The van der Waals surface area contributed by atoms with E-state index < -0.39 is 0 Å². The highest BCUT2D eigenvalue weighted by Crippen LogP contribution is 2.08. The van der Waals surface area contributed by atoms with Crippen LogP contribution in [0.25, 0.3) is 5.65 Å². The molecule has 2 rings (SSSR count). The molecule has 0 atom stereocenters. The number of aryl methyl sites for hydroxylation is 1. The van der Waals surface area contributed by atoms with Crippen LogP contribution in [0.5, 0.6) is 0 Å². The van der Waals surface area contributed by atoms with E-state index in [9.17, 15) is 4.79 Å².